The third-order valence-electron chi connectivity index (χ3n) is 5.08. The van der Waals surface area contributed by atoms with Gasteiger partial charge in [0.1, 0.15) is 5.75 Å². The third kappa shape index (κ3) is 5.25. The zero-order valence-corrected chi connectivity index (χ0v) is 18.8. The molecule has 31 heavy (non-hydrogen) atoms. The average Bonchev–Trinajstić information content (AvgIpc) is 3.46. The van der Waals surface area contributed by atoms with Crippen LogP contribution in [0.25, 0.3) is 0 Å². The number of nitrogens with zero attached hydrogens (tertiary/aromatic N) is 2. The van der Waals surface area contributed by atoms with Crippen molar-refractivity contribution in [3.8, 4) is 5.75 Å². The lowest BCUT2D eigenvalue weighted by Crippen LogP contribution is -2.19. The van der Waals surface area contributed by atoms with Gasteiger partial charge < -0.3 is 15.8 Å². The first-order chi connectivity index (χ1) is 14.7. The number of nitrogens with two attached hydrogens (primary N) is 1. The molecular weight excluding hydrogens is 420 g/mol. The van der Waals surface area contributed by atoms with Crippen LogP contribution in [0, 0.1) is 5.92 Å². The minimum atomic E-state index is -3.53. The number of anilines is 1. The van der Waals surface area contributed by atoms with Gasteiger partial charge in [-0.2, -0.15) is 5.10 Å². The van der Waals surface area contributed by atoms with Crippen molar-refractivity contribution in [1.82, 2.24) is 9.78 Å². The van der Waals surface area contributed by atoms with Gasteiger partial charge in [-0.3, -0.25) is 14.3 Å². The van der Waals surface area contributed by atoms with Crippen LogP contribution in [0.1, 0.15) is 59.7 Å². The molecule has 1 saturated carbocycles. The van der Waals surface area contributed by atoms with Crippen LogP contribution in [0.3, 0.4) is 0 Å². The molecule has 0 bridgehead atoms. The van der Waals surface area contributed by atoms with E-state index in [4.69, 9.17) is 10.5 Å². The van der Waals surface area contributed by atoms with Crippen LogP contribution in [0.4, 0.5) is 5.69 Å². The average molecular weight is 449 g/mol. The van der Waals surface area contributed by atoms with E-state index >= 15 is 0 Å². The van der Waals surface area contributed by atoms with Crippen LogP contribution < -0.4 is 15.8 Å². The van der Waals surface area contributed by atoms with Gasteiger partial charge in [0.25, 0.3) is 11.8 Å². The number of aromatic nitrogens is 2. The number of hydrogen-bond donors (Lipinski definition) is 2. The summed E-state index contributed by atoms with van der Waals surface area (Å²) in [4.78, 5) is 25.2. The molecule has 1 heterocycles. The number of ether oxygens (including phenoxy) is 1. The Kier molecular flexibility index (Phi) is 6.68. The molecule has 0 radical (unpaired) electrons. The molecule has 0 atom stereocenters. The Balaban J connectivity index is 2.01. The smallest absolute Gasteiger partial charge is 0.271 e. The molecule has 1 aromatic heterocycles. The van der Waals surface area contributed by atoms with E-state index in [-0.39, 0.29) is 27.6 Å². The van der Waals surface area contributed by atoms with Gasteiger partial charge in [0.2, 0.25) is 0 Å². The number of carbonyl (C=O) groups excluding carboxylic acids is 2. The minimum Gasteiger partial charge on any atom is -0.493 e. The predicted molar refractivity (Wildman–Crippen MR) is 116 cm³/mol. The van der Waals surface area contributed by atoms with Gasteiger partial charge in [-0.15, -0.1) is 0 Å². The number of rotatable bonds is 10. The van der Waals surface area contributed by atoms with Gasteiger partial charge in [-0.1, -0.05) is 13.8 Å². The third-order valence-corrected chi connectivity index (χ3v) is 6.19. The maximum absolute atomic E-state index is 13.2. The van der Waals surface area contributed by atoms with Crippen LogP contribution in [-0.4, -0.2) is 42.9 Å². The summed E-state index contributed by atoms with van der Waals surface area (Å²) >= 11 is 0. The van der Waals surface area contributed by atoms with E-state index in [9.17, 15) is 18.0 Å². The van der Waals surface area contributed by atoms with Gasteiger partial charge in [-0.05, 0) is 49.8 Å². The lowest BCUT2D eigenvalue weighted by molar-refractivity contribution is 0.0995. The Morgan fingerprint density at radius 2 is 2.00 bits per heavy atom. The molecule has 0 unspecified atom stereocenters. The summed E-state index contributed by atoms with van der Waals surface area (Å²) in [6, 6.07) is 4.14. The molecular formula is C21H28N4O5S. The van der Waals surface area contributed by atoms with Crippen molar-refractivity contribution >= 4 is 27.3 Å². The van der Waals surface area contributed by atoms with Crippen molar-refractivity contribution in [3.05, 3.63) is 35.2 Å². The second kappa shape index (κ2) is 9.09. The number of benzene rings is 1. The fourth-order valence-corrected chi connectivity index (χ4v) is 3.94. The molecule has 9 nitrogen and oxygen atoms in total. The van der Waals surface area contributed by atoms with Crippen molar-refractivity contribution in [2.24, 2.45) is 11.7 Å². The van der Waals surface area contributed by atoms with Crippen molar-refractivity contribution in [2.75, 3.05) is 18.2 Å². The van der Waals surface area contributed by atoms with Crippen molar-refractivity contribution in [2.45, 2.75) is 51.0 Å². The quantitative estimate of drug-likeness (QED) is 0.573. The van der Waals surface area contributed by atoms with Crippen LogP contribution in [0.2, 0.25) is 0 Å². The van der Waals surface area contributed by atoms with Gasteiger partial charge in [0.15, 0.2) is 15.5 Å². The number of carbonyl (C=O) groups is 2. The first kappa shape index (κ1) is 22.8. The Morgan fingerprint density at radius 1 is 1.29 bits per heavy atom. The monoisotopic (exact) mass is 448 g/mol. The molecule has 0 saturated heterocycles. The number of amides is 2. The maximum atomic E-state index is 13.2. The maximum Gasteiger partial charge on any atom is 0.271 e. The zero-order valence-electron chi connectivity index (χ0n) is 18.0. The van der Waals surface area contributed by atoms with Crippen molar-refractivity contribution in [3.63, 3.8) is 0 Å². The minimum absolute atomic E-state index is 0.00299. The first-order valence-corrected chi connectivity index (χ1v) is 12.2. The summed E-state index contributed by atoms with van der Waals surface area (Å²) in [5.74, 6) is -0.572. The highest BCUT2D eigenvalue weighted by Gasteiger charge is 2.28. The fourth-order valence-electron chi connectivity index (χ4n) is 3.29. The summed E-state index contributed by atoms with van der Waals surface area (Å²) in [5, 5.41) is 7.08. The molecule has 0 spiro atoms. The Hall–Kier alpha value is -2.88. The Labute approximate surface area is 181 Å². The first-order valence-electron chi connectivity index (χ1n) is 10.3. The normalized spacial score (nSPS) is 13.8. The SMILES string of the molecule is CCCOc1ccc(S(C)(=O)=O)cc1C(=O)Nc1c(C(N)=O)nn(CC2CC2)c1CC. The standard InChI is InChI=1S/C21H28N4O5S/c1-4-10-30-17-9-8-14(31(3,28)29)11-15(17)21(27)23-18-16(5-2)25(12-13-6-7-13)24-19(18)20(22)26/h8-9,11,13H,4-7,10,12H2,1-3H3,(H2,22,26)(H,23,27). The molecule has 1 aliphatic rings. The van der Waals surface area contributed by atoms with Crippen LogP contribution in [0.5, 0.6) is 5.75 Å². The van der Waals surface area contributed by atoms with E-state index in [1.807, 2.05) is 13.8 Å². The van der Waals surface area contributed by atoms with E-state index in [0.29, 0.717) is 37.6 Å². The highest BCUT2D eigenvalue weighted by Crippen LogP contribution is 2.33. The van der Waals surface area contributed by atoms with E-state index in [1.165, 1.54) is 18.2 Å². The summed E-state index contributed by atoms with van der Waals surface area (Å²) in [7, 11) is -3.53. The highest BCUT2D eigenvalue weighted by atomic mass is 32.2. The molecule has 2 amide bonds. The molecule has 10 heteroatoms. The van der Waals surface area contributed by atoms with Gasteiger partial charge in [0, 0.05) is 12.8 Å². The van der Waals surface area contributed by atoms with Gasteiger partial charge in [-0.25, -0.2) is 8.42 Å². The predicted octanol–water partition coefficient (Wildman–Crippen LogP) is 2.40. The summed E-state index contributed by atoms with van der Waals surface area (Å²) < 4.78 is 31.4. The highest BCUT2D eigenvalue weighted by molar-refractivity contribution is 7.90. The second-order valence-electron chi connectivity index (χ2n) is 7.75. The molecule has 168 valence electrons. The van der Waals surface area contributed by atoms with Crippen LogP contribution in [0.15, 0.2) is 23.1 Å². The van der Waals surface area contributed by atoms with Crippen molar-refractivity contribution in [1.29, 1.82) is 0 Å². The van der Waals surface area contributed by atoms with Crippen LogP contribution in [-0.2, 0) is 22.8 Å². The number of sulfone groups is 1. The summed E-state index contributed by atoms with van der Waals surface area (Å²) in [5.41, 5.74) is 6.52. The Morgan fingerprint density at radius 3 is 2.55 bits per heavy atom. The number of primary amides is 1. The number of nitrogens with one attached hydrogen (secondary N) is 1. The molecule has 3 rings (SSSR count). The molecule has 1 fully saturated rings. The van der Waals surface area contributed by atoms with Gasteiger partial charge >= 0.3 is 0 Å². The van der Waals surface area contributed by atoms with E-state index in [2.05, 4.69) is 10.4 Å². The topological polar surface area (TPSA) is 133 Å². The lowest BCUT2D eigenvalue weighted by Gasteiger charge is -2.13. The molecule has 2 aromatic rings. The lowest BCUT2D eigenvalue weighted by atomic mass is 10.1. The molecule has 0 aliphatic heterocycles. The molecule has 1 aliphatic carbocycles. The molecule has 1 aromatic carbocycles. The Bertz CT molecular complexity index is 1100. The fraction of sp³-hybridized carbons (Fsp3) is 0.476. The second-order valence-corrected chi connectivity index (χ2v) is 9.76. The summed E-state index contributed by atoms with van der Waals surface area (Å²) in [6.07, 6.45) is 4.53. The van der Waals surface area contributed by atoms with E-state index < -0.39 is 21.7 Å². The van der Waals surface area contributed by atoms with E-state index in [1.54, 1.807) is 4.68 Å². The van der Waals surface area contributed by atoms with Crippen molar-refractivity contribution < 1.29 is 22.7 Å². The zero-order chi connectivity index (χ0) is 22.8. The molecule has 3 N–H and O–H groups in total. The van der Waals surface area contributed by atoms with Crippen LogP contribution >= 0.6 is 0 Å². The van der Waals surface area contributed by atoms with E-state index in [0.717, 1.165) is 19.1 Å². The number of hydrogen-bond acceptors (Lipinski definition) is 6. The summed E-state index contributed by atoms with van der Waals surface area (Å²) in [6.45, 7) is 4.85. The largest absolute Gasteiger partial charge is 0.493 e. The van der Waals surface area contributed by atoms with Gasteiger partial charge in [0.05, 0.1) is 28.4 Å².